The standard InChI is InChI=1S/C16H28N2O6/c1-10(2)23-14(21)12(8-7-11(3)19)18-13(20)9-17-15(22)24-16(4,5)6/h10,12H,7-9H2,1-6H3,(H,17,22)(H,18,20). The number of hydrogen-bond acceptors (Lipinski definition) is 6. The lowest BCUT2D eigenvalue weighted by Crippen LogP contribution is -2.47. The molecule has 138 valence electrons. The van der Waals surface area contributed by atoms with Crippen LogP contribution < -0.4 is 10.6 Å². The van der Waals surface area contributed by atoms with E-state index in [0.717, 1.165) is 0 Å². The molecule has 0 aromatic rings. The second-order valence-corrected chi connectivity index (χ2v) is 6.70. The summed E-state index contributed by atoms with van der Waals surface area (Å²) >= 11 is 0. The molecule has 0 saturated heterocycles. The number of esters is 1. The molecule has 2 N–H and O–H groups in total. The summed E-state index contributed by atoms with van der Waals surface area (Å²) in [7, 11) is 0. The van der Waals surface area contributed by atoms with Gasteiger partial charge >= 0.3 is 12.1 Å². The molecule has 8 heteroatoms. The maximum atomic E-state index is 12.0. The number of rotatable bonds is 8. The molecule has 24 heavy (non-hydrogen) atoms. The average molecular weight is 344 g/mol. The fraction of sp³-hybridized carbons (Fsp3) is 0.750. The average Bonchev–Trinajstić information content (AvgIpc) is 2.38. The predicted molar refractivity (Wildman–Crippen MR) is 87.3 cm³/mol. The lowest BCUT2D eigenvalue weighted by atomic mass is 10.1. The molecule has 2 amide bonds. The zero-order valence-electron chi connectivity index (χ0n) is 15.2. The summed E-state index contributed by atoms with van der Waals surface area (Å²) in [6, 6.07) is -0.941. The minimum atomic E-state index is -0.941. The van der Waals surface area contributed by atoms with Gasteiger partial charge in [-0.05, 0) is 48.0 Å². The largest absolute Gasteiger partial charge is 0.461 e. The quantitative estimate of drug-likeness (QED) is 0.642. The molecule has 0 radical (unpaired) electrons. The topological polar surface area (TPSA) is 111 Å². The fourth-order valence-corrected chi connectivity index (χ4v) is 1.62. The summed E-state index contributed by atoms with van der Waals surface area (Å²) in [5.41, 5.74) is -0.675. The summed E-state index contributed by atoms with van der Waals surface area (Å²) in [6.45, 7) is 9.53. The van der Waals surface area contributed by atoms with Crippen LogP contribution in [-0.4, -0.2) is 48.0 Å². The minimum absolute atomic E-state index is 0.0986. The lowest BCUT2D eigenvalue weighted by molar-refractivity contribution is -0.151. The molecule has 0 spiro atoms. The molecule has 0 aliphatic heterocycles. The van der Waals surface area contributed by atoms with Crippen molar-refractivity contribution in [2.45, 2.75) is 72.1 Å². The second kappa shape index (κ2) is 9.89. The maximum Gasteiger partial charge on any atom is 0.408 e. The van der Waals surface area contributed by atoms with Crippen LogP contribution >= 0.6 is 0 Å². The van der Waals surface area contributed by atoms with Crippen LogP contribution in [0.1, 0.15) is 54.4 Å². The number of Topliss-reactive ketones (excluding diaryl/α,β-unsaturated/α-hetero) is 1. The van der Waals surface area contributed by atoms with Crippen LogP contribution in [0.3, 0.4) is 0 Å². The second-order valence-electron chi connectivity index (χ2n) is 6.70. The van der Waals surface area contributed by atoms with Crippen molar-refractivity contribution in [3.63, 3.8) is 0 Å². The highest BCUT2D eigenvalue weighted by atomic mass is 16.6. The first-order chi connectivity index (χ1) is 10.9. The number of alkyl carbamates (subject to hydrolysis) is 1. The number of nitrogens with one attached hydrogen (secondary N) is 2. The number of hydrogen-bond donors (Lipinski definition) is 2. The van der Waals surface area contributed by atoms with Crippen LogP contribution in [-0.2, 0) is 23.9 Å². The van der Waals surface area contributed by atoms with Crippen molar-refractivity contribution in [1.29, 1.82) is 0 Å². The molecule has 8 nitrogen and oxygen atoms in total. The molecule has 0 heterocycles. The summed E-state index contributed by atoms with van der Waals surface area (Å²) in [4.78, 5) is 46.4. The highest BCUT2D eigenvalue weighted by molar-refractivity contribution is 5.87. The summed E-state index contributed by atoms with van der Waals surface area (Å²) in [5.74, 6) is -1.29. The van der Waals surface area contributed by atoms with Gasteiger partial charge in [0.15, 0.2) is 0 Å². The Morgan fingerprint density at radius 1 is 1.08 bits per heavy atom. The first kappa shape index (κ1) is 21.9. The van der Waals surface area contributed by atoms with E-state index in [4.69, 9.17) is 9.47 Å². The first-order valence-electron chi connectivity index (χ1n) is 7.87. The van der Waals surface area contributed by atoms with E-state index < -0.39 is 29.6 Å². The van der Waals surface area contributed by atoms with Gasteiger partial charge in [-0.25, -0.2) is 9.59 Å². The van der Waals surface area contributed by atoms with Crippen molar-refractivity contribution in [2.75, 3.05) is 6.54 Å². The number of ketones is 1. The molecule has 0 aliphatic rings. The summed E-state index contributed by atoms with van der Waals surface area (Å²) in [6.07, 6.45) is -0.798. The molecule has 1 atom stereocenters. The van der Waals surface area contributed by atoms with Gasteiger partial charge in [-0.2, -0.15) is 0 Å². The van der Waals surface area contributed by atoms with Crippen molar-refractivity contribution in [3.05, 3.63) is 0 Å². The van der Waals surface area contributed by atoms with E-state index in [0.29, 0.717) is 0 Å². The van der Waals surface area contributed by atoms with Crippen molar-refractivity contribution < 1.29 is 28.7 Å². The molecule has 0 aromatic carbocycles. The van der Waals surface area contributed by atoms with E-state index >= 15 is 0 Å². The van der Waals surface area contributed by atoms with Crippen molar-refractivity contribution in [2.24, 2.45) is 0 Å². The minimum Gasteiger partial charge on any atom is -0.461 e. The van der Waals surface area contributed by atoms with Gasteiger partial charge in [0.25, 0.3) is 0 Å². The molecule has 0 bridgehead atoms. The third-order valence-electron chi connectivity index (χ3n) is 2.55. The van der Waals surface area contributed by atoms with Gasteiger partial charge in [-0.3, -0.25) is 4.79 Å². The van der Waals surface area contributed by atoms with E-state index in [-0.39, 0.29) is 31.3 Å². The zero-order valence-corrected chi connectivity index (χ0v) is 15.2. The van der Waals surface area contributed by atoms with E-state index in [2.05, 4.69) is 10.6 Å². The molecule has 0 aromatic heterocycles. The lowest BCUT2D eigenvalue weighted by Gasteiger charge is -2.21. The van der Waals surface area contributed by atoms with Crippen LogP contribution in [0.2, 0.25) is 0 Å². The molecule has 0 saturated carbocycles. The Hall–Kier alpha value is -2.12. The van der Waals surface area contributed by atoms with Gasteiger partial charge in [0.05, 0.1) is 6.10 Å². The SMILES string of the molecule is CC(=O)CCC(NC(=O)CNC(=O)OC(C)(C)C)C(=O)OC(C)C. The Balaban J connectivity index is 4.54. The fourth-order valence-electron chi connectivity index (χ4n) is 1.62. The van der Waals surface area contributed by atoms with E-state index in [1.54, 1.807) is 34.6 Å². The highest BCUT2D eigenvalue weighted by Gasteiger charge is 2.24. The van der Waals surface area contributed by atoms with Crippen molar-refractivity contribution >= 4 is 23.8 Å². The van der Waals surface area contributed by atoms with Gasteiger partial charge in [-0.1, -0.05) is 0 Å². The van der Waals surface area contributed by atoms with Crippen molar-refractivity contribution in [3.8, 4) is 0 Å². The Morgan fingerprint density at radius 2 is 1.67 bits per heavy atom. The number of amides is 2. The number of carbonyl (C=O) groups excluding carboxylic acids is 4. The van der Waals surface area contributed by atoms with Gasteiger partial charge in [0.1, 0.15) is 24.0 Å². The van der Waals surface area contributed by atoms with Crippen LogP contribution in [0.25, 0.3) is 0 Å². The van der Waals surface area contributed by atoms with Gasteiger partial charge in [0.2, 0.25) is 5.91 Å². The van der Waals surface area contributed by atoms with E-state index in [9.17, 15) is 19.2 Å². The normalized spacial score (nSPS) is 12.3. The van der Waals surface area contributed by atoms with E-state index in [1.165, 1.54) is 6.92 Å². The molecule has 0 fully saturated rings. The van der Waals surface area contributed by atoms with Crippen LogP contribution in [0, 0.1) is 0 Å². The van der Waals surface area contributed by atoms with Crippen LogP contribution in [0.15, 0.2) is 0 Å². The van der Waals surface area contributed by atoms with Crippen LogP contribution in [0.4, 0.5) is 4.79 Å². The number of carbonyl (C=O) groups is 4. The van der Waals surface area contributed by atoms with Gasteiger partial charge in [0, 0.05) is 6.42 Å². The Bertz CT molecular complexity index is 468. The van der Waals surface area contributed by atoms with E-state index in [1.807, 2.05) is 0 Å². The van der Waals surface area contributed by atoms with Crippen LogP contribution in [0.5, 0.6) is 0 Å². The monoisotopic (exact) mass is 344 g/mol. The molecule has 0 rings (SSSR count). The summed E-state index contributed by atoms with van der Waals surface area (Å²) < 4.78 is 10.1. The Morgan fingerprint density at radius 3 is 2.12 bits per heavy atom. The predicted octanol–water partition coefficient (Wildman–Crippen LogP) is 1.32. The Labute approximate surface area is 142 Å². The summed E-state index contributed by atoms with van der Waals surface area (Å²) in [5, 5.41) is 4.76. The Kier molecular flexibility index (Phi) is 9.02. The smallest absolute Gasteiger partial charge is 0.408 e. The third kappa shape index (κ3) is 11.4. The number of ether oxygens (including phenoxy) is 2. The highest BCUT2D eigenvalue weighted by Crippen LogP contribution is 2.06. The third-order valence-corrected chi connectivity index (χ3v) is 2.55. The van der Waals surface area contributed by atoms with Gasteiger partial charge < -0.3 is 24.9 Å². The molecular formula is C16H28N2O6. The maximum absolute atomic E-state index is 12.0. The zero-order chi connectivity index (χ0) is 18.9. The first-order valence-corrected chi connectivity index (χ1v) is 7.87. The molecular weight excluding hydrogens is 316 g/mol. The van der Waals surface area contributed by atoms with Gasteiger partial charge in [-0.15, -0.1) is 0 Å². The molecule has 1 unspecified atom stereocenters. The molecule has 0 aliphatic carbocycles. The van der Waals surface area contributed by atoms with Crippen molar-refractivity contribution in [1.82, 2.24) is 10.6 Å².